The molecule has 35 heavy (non-hydrogen) atoms. The van der Waals surface area contributed by atoms with Gasteiger partial charge in [0.25, 0.3) is 0 Å². The molecule has 5 rings (SSSR count). The van der Waals surface area contributed by atoms with Crippen molar-refractivity contribution in [2.24, 2.45) is 5.92 Å². The van der Waals surface area contributed by atoms with E-state index in [1.807, 2.05) is 12.1 Å². The molecule has 9 nitrogen and oxygen atoms in total. The number of piperidine rings is 2. The van der Waals surface area contributed by atoms with Crippen LogP contribution in [0.4, 0.5) is 17.5 Å². The number of carbonyl (C=O) groups excluding carboxylic acids is 1. The molecule has 9 heteroatoms. The number of carbonyl (C=O) groups is 1. The summed E-state index contributed by atoms with van der Waals surface area (Å²) in [6.45, 7) is 4.65. The molecule has 2 saturated heterocycles. The summed E-state index contributed by atoms with van der Waals surface area (Å²) in [5.41, 5.74) is 1.35. The molecule has 0 radical (unpaired) electrons. The maximum atomic E-state index is 12.9. The van der Waals surface area contributed by atoms with E-state index in [1.165, 1.54) is 5.56 Å². The van der Waals surface area contributed by atoms with Gasteiger partial charge in [-0.3, -0.25) is 14.7 Å². The van der Waals surface area contributed by atoms with Crippen LogP contribution in [0, 0.1) is 5.92 Å². The number of nitrogens with one attached hydrogen (secondary N) is 2. The first-order valence-corrected chi connectivity index (χ1v) is 12.4. The van der Waals surface area contributed by atoms with Crippen LogP contribution in [0.5, 0.6) is 0 Å². The highest BCUT2D eigenvalue weighted by atomic mass is 16.2. The summed E-state index contributed by atoms with van der Waals surface area (Å²) in [6, 6.07) is 14.7. The van der Waals surface area contributed by atoms with E-state index in [2.05, 4.69) is 70.9 Å². The number of hydrogen-bond acceptors (Lipinski definition) is 8. The lowest BCUT2D eigenvalue weighted by Crippen LogP contribution is -2.48. The van der Waals surface area contributed by atoms with Crippen LogP contribution in [0.15, 0.2) is 61.1 Å². The van der Waals surface area contributed by atoms with Gasteiger partial charge in [0.1, 0.15) is 5.82 Å². The standard InChI is InChI=1S/C26H32N8O/c35-26(29-22-10-14-33(15-11-22)19-20-4-2-1-3-5-20)21-8-16-34(17-9-21)25-7-6-23(31-32-25)30-24-18-27-12-13-28-24/h1-7,12-13,18,21-22H,8-11,14-17,19H2,(H,29,35)(H,28,30,31). The Balaban J connectivity index is 1.04. The molecule has 0 saturated carbocycles. The zero-order valence-corrected chi connectivity index (χ0v) is 19.9. The third-order valence-corrected chi connectivity index (χ3v) is 6.84. The molecule has 2 aromatic heterocycles. The Hall–Kier alpha value is -3.59. The van der Waals surface area contributed by atoms with Crippen LogP contribution in [-0.4, -0.2) is 63.2 Å². The number of hydrogen-bond donors (Lipinski definition) is 2. The average molecular weight is 473 g/mol. The van der Waals surface area contributed by atoms with E-state index in [-0.39, 0.29) is 17.9 Å². The summed E-state index contributed by atoms with van der Waals surface area (Å²) in [5, 5.41) is 15.0. The molecule has 0 aliphatic carbocycles. The number of likely N-dealkylation sites (tertiary alicyclic amines) is 1. The van der Waals surface area contributed by atoms with Gasteiger partial charge in [0.15, 0.2) is 11.6 Å². The number of aromatic nitrogens is 4. The van der Waals surface area contributed by atoms with E-state index >= 15 is 0 Å². The van der Waals surface area contributed by atoms with Crippen molar-refractivity contribution in [2.75, 3.05) is 36.4 Å². The highest BCUT2D eigenvalue weighted by molar-refractivity contribution is 5.79. The van der Waals surface area contributed by atoms with Crippen molar-refractivity contribution in [1.29, 1.82) is 0 Å². The summed E-state index contributed by atoms with van der Waals surface area (Å²) in [4.78, 5) is 25.8. The summed E-state index contributed by atoms with van der Waals surface area (Å²) >= 11 is 0. The fraction of sp³-hybridized carbons (Fsp3) is 0.423. The van der Waals surface area contributed by atoms with Crippen LogP contribution in [0.25, 0.3) is 0 Å². The molecule has 2 aliphatic heterocycles. The van der Waals surface area contributed by atoms with Gasteiger partial charge in [0, 0.05) is 57.1 Å². The Labute approximate surface area is 206 Å². The van der Waals surface area contributed by atoms with Crippen LogP contribution in [0.1, 0.15) is 31.2 Å². The van der Waals surface area contributed by atoms with Crippen molar-refractivity contribution in [1.82, 2.24) is 30.4 Å². The topological polar surface area (TPSA) is 99.2 Å². The molecule has 2 fully saturated rings. The van der Waals surface area contributed by atoms with Crippen molar-refractivity contribution < 1.29 is 4.79 Å². The predicted octanol–water partition coefficient (Wildman–Crippen LogP) is 3.01. The van der Waals surface area contributed by atoms with E-state index in [0.717, 1.165) is 64.2 Å². The van der Waals surface area contributed by atoms with Gasteiger partial charge in [-0.05, 0) is 43.4 Å². The molecule has 0 spiro atoms. The second-order valence-corrected chi connectivity index (χ2v) is 9.30. The third-order valence-electron chi connectivity index (χ3n) is 6.84. The predicted molar refractivity (Wildman–Crippen MR) is 135 cm³/mol. The highest BCUT2D eigenvalue weighted by Gasteiger charge is 2.28. The number of benzene rings is 1. The smallest absolute Gasteiger partial charge is 0.223 e. The molecule has 0 atom stereocenters. The van der Waals surface area contributed by atoms with E-state index in [1.54, 1.807) is 18.6 Å². The van der Waals surface area contributed by atoms with E-state index < -0.39 is 0 Å². The lowest BCUT2D eigenvalue weighted by atomic mass is 9.94. The van der Waals surface area contributed by atoms with Crippen molar-refractivity contribution in [3.05, 3.63) is 66.6 Å². The summed E-state index contributed by atoms with van der Waals surface area (Å²) in [7, 11) is 0. The summed E-state index contributed by atoms with van der Waals surface area (Å²) in [6.07, 6.45) is 8.59. The fourth-order valence-electron chi connectivity index (χ4n) is 4.82. The monoisotopic (exact) mass is 472 g/mol. The Bertz CT molecular complexity index is 1060. The van der Waals surface area contributed by atoms with Gasteiger partial charge in [-0.25, -0.2) is 4.98 Å². The lowest BCUT2D eigenvalue weighted by Gasteiger charge is -2.35. The first-order valence-electron chi connectivity index (χ1n) is 12.4. The Morgan fingerprint density at radius 1 is 0.886 bits per heavy atom. The molecular weight excluding hydrogens is 440 g/mol. The minimum absolute atomic E-state index is 0.0687. The molecule has 182 valence electrons. The average Bonchev–Trinajstić information content (AvgIpc) is 2.91. The molecule has 1 aromatic carbocycles. The van der Waals surface area contributed by atoms with Gasteiger partial charge in [0.2, 0.25) is 5.91 Å². The fourth-order valence-corrected chi connectivity index (χ4v) is 4.82. The van der Waals surface area contributed by atoms with Crippen molar-refractivity contribution in [3.63, 3.8) is 0 Å². The molecule has 2 N–H and O–H groups in total. The molecule has 3 aromatic rings. The van der Waals surface area contributed by atoms with Gasteiger partial charge < -0.3 is 15.5 Å². The maximum absolute atomic E-state index is 12.9. The highest BCUT2D eigenvalue weighted by Crippen LogP contribution is 2.23. The molecular formula is C26H32N8O. The number of rotatable bonds is 7. The van der Waals surface area contributed by atoms with Crippen molar-refractivity contribution in [2.45, 2.75) is 38.3 Å². The zero-order chi connectivity index (χ0) is 23.9. The molecule has 2 aliphatic rings. The minimum Gasteiger partial charge on any atom is -0.355 e. The zero-order valence-electron chi connectivity index (χ0n) is 19.9. The lowest BCUT2D eigenvalue weighted by molar-refractivity contribution is -0.126. The minimum atomic E-state index is 0.0687. The van der Waals surface area contributed by atoms with Crippen molar-refractivity contribution in [3.8, 4) is 0 Å². The van der Waals surface area contributed by atoms with Crippen LogP contribution in [0.3, 0.4) is 0 Å². The Kier molecular flexibility index (Phi) is 7.43. The van der Waals surface area contributed by atoms with Crippen LogP contribution >= 0.6 is 0 Å². The Morgan fingerprint density at radius 2 is 1.69 bits per heavy atom. The van der Waals surface area contributed by atoms with E-state index in [0.29, 0.717) is 11.6 Å². The number of nitrogens with zero attached hydrogens (tertiary/aromatic N) is 6. The molecule has 4 heterocycles. The Morgan fingerprint density at radius 3 is 2.37 bits per heavy atom. The van der Waals surface area contributed by atoms with E-state index in [9.17, 15) is 4.79 Å². The molecule has 0 bridgehead atoms. The third kappa shape index (κ3) is 6.30. The summed E-state index contributed by atoms with van der Waals surface area (Å²) < 4.78 is 0. The van der Waals surface area contributed by atoms with Gasteiger partial charge >= 0.3 is 0 Å². The largest absolute Gasteiger partial charge is 0.355 e. The second kappa shape index (κ2) is 11.2. The summed E-state index contributed by atoms with van der Waals surface area (Å²) in [5.74, 6) is 2.36. The van der Waals surface area contributed by atoms with Crippen LogP contribution in [-0.2, 0) is 11.3 Å². The first kappa shape index (κ1) is 23.2. The number of anilines is 3. The van der Waals surface area contributed by atoms with E-state index in [4.69, 9.17) is 0 Å². The molecule has 1 amide bonds. The van der Waals surface area contributed by atoms with Crippen molar-refractivity contribution >= 4 is 23.4 Å². The maximum Gasteiger partial charge on any atom is 0.223 e. The first-order chi connectivity index (χ1) is 17.2. The SMILES string of the molecule is O=C(NC1CCN(Cc2ccccc2)CC1)C1CCN(c2ccc(Nc3cnccn3)nn2)CC1. The van der Waals surface area contributed by atoms with Gasteiger partial charge in [-0.1, -0.05) is 30.3 Å². The normalized spacial score (nSPS) is 17.8. The molecule has 0 unspecified atom stereocenters. The van der Waals surface area contributed by atoms with Gasteiger partial charge in [0.05, 0.1) is 6.20 Å². The van der Waals surface area contributed by atoms with Crippen LogP contribution in [0.2, 0.25) is 0 Å². The number of amides is 1. The quantitative estimate of drug-likeness (QED) is 0.542. The second-order valence-electron chi connectivity index (χ2n) is 9.30. The van der Waals surface area contributed by atoms with Crippen LogP contribution < -0.4 is 15.5 Å². The van der Waals surface area contributed by atoms with Gasteiger partial charge in [-0.2, -0.15) is 0 Å². The van der Waals surface area contributed by atoms with Gasteiger partial charge in [-0.15, -0.1) is 10.2 Å².